The molecule has 1 rings (SSSR count). The van der Waals surface area contributed by atoms with E-state index in [0.29, 0.717) is 25.9 Å². The Kier molecular flexibility index (Phi) is 5.79. The van der Waals surface area contributed by atoms with Crippen molar-refractivity contribution in [2.24, 2.45) is 11.3 Å². The van der Waals surface area contributed by atoms with Crippen molar-refractivity contribution in [1.29, 1.82) is 0 Å². The number of rotatable bonds is 6. The van der Waals surface area contributed by atoms with Gasteiger partial charge in [0.05, 0.1) is 0 Å². The molecule has 126 valence electrons. The molecule has 1 fully saturated rings. The van der Waals surface area contributed by atoms with Gasteiger partial charge in [0.2, 0.25) is 11.8 Å². The zero-order valence-electron chi connectivity index (χ0n) is 14.0. The van der Waals surface area contributed by atoms with Crippen molar-refractivity contribution in [1.82, 2.24) is 16.0 Å². The van der Waals surface area contributed by atoms with Crippen LogP contribution in [0, 0.1) is 11.3 Å². The summed E-state index contributed by atoms with van der Waals surface area (Å²) in [5.74, 6) is -0.433. The van der Waals surface area contributed by atoms with Crippen molar-refractivity contribution < 1.29 is 19.1 Å². The summed E-state index contributed by atoms with van der Waals surface area (Å²) in [4.78, 5) is 35.3. The molecule has 0 aromatic heterocycles. The summed E-state index contributed by atoms with van der Waals surface area (Å²) in [6.45, 7) is 8.07. The second-order valence-electron chi connectivity index (χ2n) is 6.86. The Balaban J connectivity index is 2.29. The van der Waals surface area contributed by atoms with Crippen LogP contribution in [0.5, 0.6) is 0 Å². The molecule has 3 N–H and O–H groups in total. The van der Waals surface area contributed by atoms with Crippen molar-refractivity contribution in [3.8, 4) is 0 Å². The molecule has 0 aromatic carbocycles. The first kappa shape index (κ1) is 18.3. The standard InChI is InChI=1S/C15H27N3O4/c1-10(9-18-13(21)22-14(2,3)4)8-17-12(20)15(6-7-15)11(19)16-5/h10H,6-9H2,1-5H3,(H,16,19)(H,17,20)(H,18,21)/t10-/m0/s1. The van der Waals surface area contributed by atoms with E-state index in [9.17, 15) is 14.4 Å². The van der Waals surface area contributed by atoms with E-state index in [4.69, 9.17) is 4.74 Å². The van der Waals surface area contributed by atoms with Crippen LogP contribution in [0.15, 0.2) is 0 Å². The zero-order chi connectivity index (χ0) is 17.0. The van der Waals surface area contributed by atoms with Crippen LogP contribution >= 0.6 is 0 Å². The van der Waals surface area contributed by atoms with Crippen LogP contribution in [0.1, 0.15) is 40.5 Å². The lowest BCUT2D eigenvalue weighted by Crippen LogP contribution is -2.44. The van der Waals surface area contributed by atoms with Gasteiger partial charge in [0.25, 0.3) is 0 Å². The number of carbonyl (C=O) groups is 3. The summed E-state index contributed by atoms with van der Waals surface area (Å²) in [6.07, 6.45) is 0.696. The summed E-state index contributed by atoms with van der Waals surface area (Å²) in [5, 5.41) is 7.96. The second-order valence-corrected chi connectivity index (χ2v) is 6.86. The number of ether oxygens (including phenoxy) is 1. The summed E-state index contributed by atoms with van der Waals surface area (Å²) in [7, 11) is 1.53. The molecule has 0 radical (unpaired) electrons. The summed E-state index contributed by atoms with van der Waals surface area (Å²) >= 11 is 0. The Labute approximate surface area is 131 Å². The lowest BCUT2D eigenvalue weighted by Gasteiger charge is -2.21. The van der Waals surface area contributed by atoms with Crippen molar-refractivity contribution in [2.75, 3.05) is 20.1 Å². The Morgan fingerprint density at radius 2 is 1.64 bits per heavy atom. The fourth-order valence-corrected chi connectivity index (χ4v) is 2.00. The molecule has 0 aromatic rings. The van der Waals surface area contributed by atoms with Crippen LogP contribution in [0.25, 0.3) is 0 Å². The van der Waals surface area contributed by atoms with Crippen molar-refractivity contribution in [2.45, 2.75) is 46.1 Å². The quantitative estimate of drug-likeness (QED) is 0.632. The van der Waals surface area contributed by atoms with E-state index in [2.05, 4.69) is 16.0 Å². The minimum absolute atomic E-state index is 0.0388. The van der Waals surface area contributed by atoms with Crippen LogP contribution < -0.4 is 16.0 Å². The zero-order valence-corrected chi connectivity index (χ0v) is 14.0. The lowest BCUT2D eigenvalue weighted by molar-refractivity contribution is -0.137. The Hall–Kier alpha value is -1.79. The van der Waals surface area contributed by atoms with Crippen LogP contribution in [0.3, 0.4) is 0 Å². The first-order valence-corrected chi connectivity index (χ1v) is 7.58. The summed E-state index contributed by atoms with van der Waals surface area (Å²) < 4.78 is 5.13. The average molecular weight is 313 g/mol. The van der Waals surface area contributed by atoms with Gasteiger partial charge in [-0.2, -0.15) is 0 Å². The Morgan fingerprint density at radius 3 is 2.09 bits per heavy atom. The highest BCUT2D eigenvalue weighted by atomic mass is 16.6. The molecule has 3 amide bonds. The fourth-order valence-electron chi connectivity index (χ4n) is 2.00. The highest BCUT2D eigenvalue weighted by Crippen LogP contribution is 2.45. The van der Waals surface area contributed by atoms with E-state index in [1.54, 1.807) is 20.8 Å². The van der Waals surface area contributed by atoms with Crippen LogP contribution in [0.2, 0.25) is 0 Å². The maximum Gasteiger partial charge on any atom is 0.407 e. The largest absolute Gasteiger partial charge is 0.444 e. The van der Waals surface area contributed by atoms with E-state index < -0.39 is 17.1 Å². The van der Waals surface area contributed by atoms with Crippen molar-refractivity contribution >= 4 is 17.9 Å². The van der Waals surface area contributed by atoms with Crippen LogP contribution in [-0.4, -0.2) is 43.6 Å². The molecule has 1 aliphatic carbocycles. The van der Waals surface area contributed by atoms with E-state index >= 15 is 0 Å². The van der Waals surface area contributed by atoms with Crippen LogP contribution in [0.4, 0.5) is 4.79 Å². The molecule has 22 heavy (non-hydrogen) atoms. The number of hydrogen-bond donors (Lipinski definition) is 3. The Bertz CT molecular complexity index is 439. The lowest BCUT2D eigenvalue weighted by atomic mass is 10.0. The highest BCUT2D eigenvalue weighted by molar-refractivity contribution is 6.07. The third-order valence-electron chi connectivity index (χ3n) is 3.45. The van der Waals surface area contributed by atoms with Crippen molar-refractivity contribution in [3.63, 3.8) is 0 Å². The van der Waals surface area contributed by atoms with Gasteiger partial charge in [-0.1, -0.05) is 6.92 Å². The number of alkyl carbamates (subject to hydrolysis) is 1. The van der Waals surface area contributed by atoms with E-state index in [1.807, 2.05) is 6.92 Å². The molecule has 1 atom stereocenters. The van der Waals surface area contributed by atoms with E-state index in [-0.39, 0.29) is 17.7 Å². The molecular formula is C15H27N3O4. The molecule has 0 heterocycles. The third kappa shape index (κ3) is 5.20. The molecular weight excluding hydrogens is 286 g/mol. The molecule has 0 bridgehead atoms. The van der Waals surface area contributed by atoms with Gasteiger partial charge in [-0.05, 0) is 39.5 Å². The van der Waals surface area contributed by atoms with Gasteiger partial charge >= 0.3 is 6.09 Å². The number of nitrogens with one attached hydrogen (secondary N) is 3. The molecule has 0 unspecified atom stereocenters. The van der Waals surface area contributed by atoms with Gasteiger partial charge in [-0.15, -0.1) is 0 Å². The molecule has 7 heteroatoms. The van der Waals surface area contributed by atoms with Gasteiger partial charge in [0.15, 0.2) is 0 Å². The maximum absolute atomic E-state index is 12.1. The smallest absolute Gasteiger partial charge is 0.407 e. The molecule has 7 nitrogen and oxygen atoms in total. The number of carbonyl (C=O) groups excluding carboxylic acids is 3. The minimum Gasteiger partial charge on any atom is -0.444 e. The third-order valence-corrected chi connectivity index (χ3v) is 3.45. The molecule has 0 aliphatic heterocycles. The molecule has 0 spiro atoms. The summed E-state index contributed by atoms with van der Waals surface area (Å²) in [6, 6.07) is 0. The first-order chi connectivity index (χ1) is 10.1. The second kappa shape index (κ2) is 6.98. The maximum atomic E-state index is 12.1. The summed E-state index contributed by atoms with van der Waals surface area (Å²) in [5.41, 5.74) is -1.42. The minimum atomic E-state index is -0.882. The van der Waals surface area contributed by atoms with Crippen LogP contribution in [-0.2, 0) is 14.3 Å². The Morgan fingerprint density at radius 1 is 1.09 bits per heavy atom. The highest BCUT2D eigenvalue weighted by Gasteiger charge is 2.55. The predicted molar refractivity (Wildman–Crippen MR) is 82.1 cm³/mol. The SMILES string of the molecule is CNC(=O)C1(C(=O)NC[C@H](C)CNC(=O)OC(C)(C)C)CC1. The molecule has 0 saturated heterocycles. The normalized spacial score (nSPS) is 17.1. The van der Waals surface area contributed by atoms with Crippen molar-refractivity contribution in [3.05, 3.63) is 0 Å². The average Bonchev–Trinajstić information content (AvgIpc) is 3.21. The monoisotopic (exact) mass is 313 g/mol. The predicted octanol–water partition coefficient (Wildman–Crippen LogP) is 0.790. The van der Waals surface area contributed by atoms with Gasteiger partial charge in [-0.3, -0.25) is 9.59 Å². The topological polar surface area (TPSA) is 96.5 Å². The van der Waals surface area contributed by atoms with E-state index in [0.717, 1.165) is 0 Å². The van der Waals surface area contributed by atoms with Gasteiger partial charge in [-0.25, -0.2) is 4.79 Å². The van der Waals surface area contributed by atoms with Gasteiger partial charge in [0.1, 0.15) is 11.0 Å². The molecule has 1 aliphatic rings. The van der Waals surface area contributed by atoms with E-state index in [1.165, 1.54) is 7.05 Å². The number of amides is 3. The first-order valence-electron chi connectivity index (χ1n) is 7.58. The van der Waals surface area contributed by atoms with Gasteiger partial charge in [0, 0.05) is 20.1 Å². The van der Waals surface area contributed by atoms with Gasteiger partial charge < -0.3 is 20.7 Å². The fraction of sp³-hybridized carbons (Fsp3) is 0.800. The molecule has 1 saturated carbocycles. The number of hydrogen-bond acceptors (Lipinski definition) is 4.